The van der Waals surface area contributed by atoms with Crippen molar-refractivity contribution in [3.05, 3.63) is 42.1 Å². The SMILES string of the molecule is COc1cc(C(Br)c2csc(I)c2)c(OC)cc1Br. The summed E-state index contributed by atoms with van der Waals surface area (Å²) < 4.78 is 13.0. The summed E-state index contributed by atoms with van der Waals surface area (Å²) in [5.74, 6) is 1.63. The summed E-state index contributed by atoms with van der Waals surface area (Å²) in [6, 6.07) is 6.09. The molecule has 19 heavy (non-hydrogen) atoms. The average molecular weight is 518 g/mol. The number of rotatable bonds is 4. The number of thiophene rings is 1. The van der Waals surface area contributed by atoms with Crippen molar-refractivity contribution in [1.29, 1.82) is 0 Å². The molecule has 1 aromatic heterocycles. The van der Waals surface area contributed by atoms with Crippen LogP contribution in [0.4, 0.5) is 0 Å². The van der Waals surface area contributed by atoms with Gasteiger partial charge in [-0.05, 0) is 67.7 Å². The van der Waals surface area contributed by atoms with Crippen molar-refractivity contribution in [3.8, 4) is 11.5 Å². The smallest absolute Gasteiger partial charge is 0.133 e. The van der Waals surface area contributed by atoms with Crippen molar-refractivity contribution in [2.45, 2.75) is 4.83 Å². The minimum absolute atomic E-state index is 0.0872. The van der Waals surface area contributed by atoms with Crippen LogP contribution in [0.5, 0.6) is 11.5 Å². The molecule has 1 unspecified atom stereocenters. The Balaban J connectivity index is 2.48. The minimum Gasteiger partial charge on any atom is -0.496 e. The molecule has 0 spiro atoms. The van der Waals surface area contributed by atoms with Crippen molar-refractivity contribution in [1.82, 2.24) is 0 Å². The highest BCUT2D eigenvalue weighted by Gasteiger charge is 2.19. The third-order valence-corrected chi connectivity index (χ3v) is 6.11. The van der Waals surface area contributed by atoms with Crippen LogP contribution in [-0.4, -0.2) is 14.2 Å². The van der Waals surface area contributed by atoms with Crippen molar-refractivity contribution in [2.24, 2.45) is 0 Å². The summed E-state index contributed by atoms with van der Waals surface area (Å²) in [5.41, 5.74) is 2.27. The van der Waals surface area contributed by atoms with Gasteiger partial charge in [0.15, 0.2) is 0 Å². The molecule has 0 N–H and O–H groups in total. The van der Waals surface area contributed by atoms with E-state index in [-0.39, 0.29) is 4.83 Å². The van der Waals surface area contributed by atoms with E-state index in [1.165, 1.54) is 8.45 Å². The molecule has 0 aliphatic carbocycles. The third-order valence-electron chi connectivity index (χ3n) is 2.66. The van der Waals surface area contributed by atoms with Gasteiger partial charge in [0.25, 0.3) is 0 Å². The van der Waals surface area contributed by atoms with E-state index in [9.17, 15) is 0 Å². The van der Waals surface area contributed by atoms with Gasteiger partial charge in [0.2, 0.25) is 0 Å². The number of halogens is 3. The summed E-state index contributed by atoms with van der Waals surface area (Å²) >= 11 is 11.3. The van der Waals surface area contributed by atoms with Crippen molar-refractivity contribution in [3.63, 3.8) is 0 Å². The Morgan fingerprint density at radius 1 is 1.16 bits per heavy atom. The molecule has 2 aromatic rings. The van der Waals surface area contributed by atoms with E-state index in [2.05, 4.69) is 65.9 Å². The third kappa shape index (κ3) is 3.46. The predicted octanol–water partition coefficient (Wildman–Crippen LogP) is 5.62. The topological polar surface area (TPSA) is 18.5 Å². The van der Waals surface area contributed by atoms with Crippen LogP contribution in [0.25, 0.3) is 0 Å². The maximum atomic E-state index is 5.46. The summed E-state index contributed by atoms with van der Waals surface area (Å²) in [7, 11) is 3.34. The zero-order chi connectivity index (χ0) is 14.0. The Bertz CT molecular complexity index is 586. The van der Waals surface area contributed by atoms with Crippen molar-refractivity contribution >= 4 is 65.8 Å². The van der Waals surface area contributed by atoms with E-state index >= 15 is 0 Å². The van der Waals surface area contributed by atoms with E-state index in [1.807, 2.05) is 12.1 Å². The molecule has 0 radical (unpaired) electrons. The van der Waals surface area contributed by atoms with E-state index in [0.29, 0.717) is 0 Å². The highest BCUT2D eigenvalue weighted by Crippen LogP contribution is 2.42. The lowest BCUT2D eigenvalue weighted by atomic mass is 10.1. The lowest BCUT2D eigenvalue weighted by Gasteiger charge is -2.16. The molecule has 102 valence electrons. The van der Waals surface area contributed by atoms with Gasteiger partial charge >= 0.3 is 0 Å². The quantitative estimate of drug-likeness (QED) is 0.387. The van der Waals surface area contributed by atoms with Crippen LogP contribution in [-0.2, 0) is 0 Å². The Morgan fingerprint density at radius 3 is 2.37 bits per heavy atom. The first-order chi connectivity index (χ1) is 9.06. The molecular formula is C13H11Br2IO2S. The van der Waals surface area contributed by atoms with Gasteiger partial charge in [-0.15, -0.1) is 11.3 Å². The van der Waals surface area contributed by atoms with Gasteiger partial charge in [-0.25, -0.2) is 0 Å². The molecule has 0 bridgehead atoms. The van der Waals surface area contributed by atoms with Crippen LogP contribution in [0.1, 0.15) is 16.0 Å². The van der Waals surface area contributed by atoms with Crippen LogP contribution in [0, 0.1) is 2.88 Å². The van der Waals surface area contributed by atoms with Crippen LogP contribution in [0.2, 0.25) is 0 Å². The van der Waals surface area contributed by atoms with Gasteiger partial charge in [0.05, 0.1) is 26.4 Å². The van der Waals surface area contributed by atoms with E-state index in [0.717, 1.165) is 21.5 Å². The van der Waals surface area contributed by atoms with Crippen molar-refractivity contribution in [2.75, 3.05) is 14.2 Å². The second-order valence-corrected chi connectivity index (χ2v) is 8.35. The molecular weight excluding hydrogens is 507 g/mol. The number of methoxy groups -OCH3 is 2. The van der Waals surface area contributed by atoms with Crippen LogP contribution in [0.3, 0.4) is 0 Å². The molecule has 0 fully saturated rings. The molecule has 0 saturated heterocycles. The van der Waals surface area contributed by atoms with E-state index in [4.69, 9.17) is 9.47 Å². The molecule has 1 atom stereocenters. The van der Waals surface area contributed by atoms with Gasteiger partial charge in [-0.1, -0.05) is 15.9 Å². The molecule has 2 nitrogen and oxygen atoms in total. The number of benzene rings is 1. The number of hydrogen-bond donors (Lipinski definition) is 0. The highest BCUT2D eigenvalue weighted by molar-refractivity contribution is 14.1. The monoisotopic (exact) mass is 516 g/mol. The summed E-state index contributed by atoms with van der Waals surface area (Å²) in [5, 5.41) is 2.15. The summed E-state index contributed by atoms with van der Waals surface area (Å²) in [6.07, 6.45) is 0. The second kappa shape index (κ2) is 6.78. The Morgan fingerprint density at radius 2 is 1.84 bits per heavy atom. The lowest BCUT2D eigenvalue weighted by molar-refractivity contribution is 0.397. The Kier molecular flexibility index (Phi) is 5.56. The van der Waals surface area contributed by atoms with Gasteiger partial charge < -0.3 is 9.47 Å². The average Bonchev–Trinajstić information content (AvgIpc) is 2.84. The standard InChI is InChI=1S/C13H11Br2IO2S/c1-17-10-5-9(14)11(18-2)4-8(10)13(15)7-3-12(16)19-6-7/h3-6,13H,1-2H3. The zero-order valence-corrected chi connectivity index (χ0v) is 16.4. The van der Waals surface area contributed by atoms with Crippen LogP contribution < -0.4 is 9.47 Å². The fourth-order valence-corrected chi connectivity index (χ4v) is 4.40. The minimum atomic E-state index is 0.0872. The number of hydrogen-bond acceptors (Lipinski definition) is 3. The fraction of sp³-hybridized carbons (Fsp3) is 0.231. The van der Waals surface area contributed by atoms with Gasteiger partial charge in [-0.3, -0.25) is 0 Å². The van der Waals surface area contributed by atoms with Crippen LogP contribution in [0.15, 0.2) is 28.1 Å². The molecule has 1 heterocycles. The predicted molar refractivity (Wildman–Crippen MR) is 95.1 cm³/mol. The molecule has 0 amide bonds. The maximum absolute atomic E-state index is 5.46. The molecule has 1 aromatic carbocycles. The highest BCUT2D eigenvalue weighted by atomic mass is 127. The molecule has 2 rings (SSSR count). The normalized spacial score (nSPS) is 12.3. The first-order valence-corrected chi connectivity index (χ1v) is 9.03. The molecule has 6 heteroatoms. The maximum Gasteiger partial charge on any atom is 0.133 e. The Labute approximate surface area is 146 Å². The molecule has 0 aliphatic rings. The summed E-state index contributed by atoms with van der Waals surface area (Å²) in [4.78, 5) is 0.0872. The van der Waals surface area contributed by atoms with E-state index < -0.39 is 0 Å². The molecule has 0 aliphatic heterocycles. The zero-order valence-electron chi connectivity index (χ0n) is 10.2. The van der Waals surface area contributed by atoms with Gasteiger partial charge in [0, 0.05) is 5.56 Å². The number of alkyl halides is 1. The summed E-state index contributed by atoms with van der Waals surface area (Å²) in [6.45, 7) is 0. The van der Waals surface area contributed by atoms with Crippen molar-refractivity contribution < 1.29 is 9.47 Å². The van der Waals surface area contributed by atoms with E-state index in [1.54, 1.807) is 25.6 Å². The first kappa shape index (κ1) is 15.6. The largest absolute Gasteiger partial charge is 0.496 e. The van der Waals surface area contributed by atoms with Crippen LogP contribution >= 0.6 is 65.8 Å². The van der Waals surface area contributed by atoms with Gasteiger partial charge in [-0.2, -0.15) is 0 Å². The lowest BCUT2D eigenvalue weighted by Crippen LogP contribution is -1.98. The first-order valence-electron chi connectivity index (χ1n) is 5.36. The second-order valence-electron chi connectivity index (χ2n) is 3.78. The Hall–Kier alpha value is 0.210. The fourth-order valence-electron chi connectivity index (χ4n) is 1.72. The molecule has 0 saturated carbocycles. The number of ether oxygens (including phenoxy) is 2. The van der Waals surface area contributed by atoms with Gasteiger partial charge in [0.1, 0.15) is 11.5 Å².